The summed E-state index contributed by atoms with van der Waals surface area (Å²) >= 11 is 0. The molecule has 0 saturated carbocycles. The summed E-state index contributed by atoms with van der Waals surface area (Å²) in [7, 11) is 0. The second-order valence-corrected chi connectivity index (χ2v) is 3.19. The van der Waals surface area contributed by atoms with Gasteiger partial charge in [0.15, 0.2) is 5.66 Å². The fourth-order valence-corrected chi connectivity index (χ4v) is 1.03. The van der Waals surface area contributed by atoms with Gasteiger partial charge in [-0.1, -0.05) is 12.1 Å². The molecule has 0 bridgehead atoms. The van der Waals surface area contributed by atoms with Crippen LogP contribution >= 0.6 is 0 Å². The zero-order valence-corrected chi connectivity index (χ0v) is 7.47. The minimum atomic E-state index is -1.77. The van der Waals surface area contributed by atoms with Crippen LogP contribution in [0.5, 0.6) is 5.75 Å². The molecule has 0 spiro atoms. The van der Waals surface area contributed by atoms with Crippen molar-refractivity contribution in [2.24, 2.45) is 11.5 Å². The Morgan fingerprint density at radius 3 is 2.21 bits per heavy atom. The Balaban J connectivity index is 2.79. The molecular weight excluding hydrogens is 184 g/mol. The van der Waals surface area contributed by atoms with Crippen LogP contribution in [-0.4, -0.2) is 21.8 Å². The van der Waals surface area contributed by atoms with E-state index in [2.05, 4.69) is 0 Å². The smallest absolute Gasteiger partial charge is 0.338 e. The van der Waals surface area contributed by atoms with E-state index in [1.54, 1.807) is 12.1 Å². The first-order valence-corrected chi connectivity index (χ1v) is 4.01. The third-order valence-corrected chi connectivity index (χ3v) is 1.83. The van der Waals surface area contributed by atoms with Gasteiger partial charge < -0.3 is 21.7 Å². The molecule has 0 radical (unpaired) electrons. The van der Waals surface area contributed by atoms with Crippen molar-refractivity contribution in [3.63, 3.8) is 0 Å². The fourth-order valence-electron chi connectivity index (χ4n) is 1.03. The van der Waals surface area contributed by atoms with E-state index in [9.17, 15) is 4.79 Å². The number of nitrogens with two attached hydrogens (primary N) is 2. The number of hydrogen-bond donors (Lipinski definition) is 4. The third-order valence-electron chi connectivity index (χ3n) is 1.83. The summed E-state index contributed by atoms with van der Waals surface area (Å²) < 4.78 is 0. The monoisotopic (exact) mass is 196 g/mol. The molecule has 1 aromatic carbocycles. The maximum Gasteiger partial charge on any atom is 0.338 e. The van der Waals surface area contributed by atoms with Gasteiger partial charge in [-0.15, -0.1) is 0 Å². The molecule has 0 amide bonds. The molecule has 5 nitrogen and oxygen atoms in total. The van der Waals surface area contributed by atoms with Crippen molar-refractivity contribution in [2.75, 3.05) is 0 Å². The minimum absolute atomic E-state index is 0.0165. The van der Waals surface area contributed by atoms with Crippen molar-refractivity contribution in [3.8, 4) is 5.75 Å². The number of carboxylic acids is 1. The van der Waals surface area contributed by atoms with E-state index in [1.807, 2.05) is 0 Å². The first kappa shape index (κ1) is 10.5. The molecule has 14 heavy (non-hydrogen) atoms. The predicted molar refractivity (Wildman–Crippen MR) is 50.6 cm³/mol. The molecule has 0 fully saturated rings. The number of aliphatic carboxylic acids is 1. The van der Waals surface area contributed by atoms with Crippen molar-refractivity contribution in [2.45, 2.75) is 12.1 Å². The average molecular weight is 196 g/mol. The topological polar surface area (TPSA) is 110 Å². The van der Waals surface area contributed by atoms with E-state index in [1.165, 1.54) is 12.1 Å². The number of carbonyl (C=O) groups is 1. The Morgan fingerprint density at radius 2 is 1.79 bits per heavy atom. The first-order chi connectivity index (χ1) is 6.42. The number of carboxylic acid groups (broad SMARTS) is 1. The van der Waals surface area contributed by atoms with Crippen molar-refractivity contribution in [1.82, 2.24) is 0 Å². The van der Waals surface area contributed by atoms with E-state index < -0.39 is 11.6 Å². The van der Waals surface area contributed by atoms with Gasteiger partial charge in [0.05, 0.1) is 0 Å². The van der Waals surface area contributed by atoms with Gasteiger partial charge in [0.25, 0.3) is 0 Å². The van der Waals surface area contributed by atoms with Crippen LogP contribution in [0.1, 0.15) is 5.56 Å². The van der Waals surface area contributed by atoms with Crippen molar-refractivity contribution in [1.29, 1.82) is 0 Å². The van der Waals surface area contributed by atoms with Crippen molar-refractivity contribution < 1.29 is 15.0 Å². The molecule has 0 heterocycles. The molecule has 76 valence electrons. The van der Waals surface area contributed by atoms with E-state index in [4.69, 9.17) is 21.7 Å². The summed E-state index contributed by atoms with van der Waals surface area (Å²) in [4.78, 5) is 10.6. The standard InChI is InChI=1S/C9H12N2O3/c10-9(11,8(13)14)5-6-1-3-7(12)4-2-6/h1-4,12H,5,10-11H2,(H,13,14). The fraction of sp³-hybridized carbons (Fsp3) is 0.222. The molecule has 0 aromatic heterocycles. The largest absolute Gasteiger partial charge is 0.508 e. The number of phenols is 1. The molecule has 0 aliphatic rings. The molecule has 0 aliphatic carbocycles. The lowest BCUT2D eigenvalue weighted by atomic mass is 10.0. The summed E-state index contributed by atoms with van der Waals surface area (Å²) in [5, 5.41) is 17.6. The van der Waals surface area contributed by atoms with Gasteiger partial charge in [-0.25, -0.2) is 4.79 Å². The van der Waals surface area contributed by atoms with E-state index in [0.717, 1.165) is 0 Å². The lowest BCUT2D eigenvalue weighted by molar-refractivity contribution is -0.143. The second kappa shape index (κ2) is 3.65. The number of hydrogen-bond acceptors (Lipinski definition) is 4. The van der Waals surface area contributed by atoms with Gasteiger partial charge in [-0.05, 0) is 17.7 Å². The SMILES string of the molecule is NC(N)(Cc1ccc(O)cc1)C(=O)O. The second-order valence-electron chi connectivity index (χ2n) is 3.19. The van der Waals surface area contributed by atoms with Crippen LogP contribution in [0.3, 0.4) is 0 Å². The van der Waals surface area contributed by atoms with Gasteiger partial charge in [-0.3, -0.25) is 0 Å². The summed E-state index contributed by atoms with van der Waals surface area (Å²) in [6, 6.07) is 6.06. The summed E-state index contributed by atoms with van der Waals surface area (Å²) in [6.07, 6.45) is 0.0165. The van der Waals surface area contributed by atoms with Crippen LogP contribution in [0.15, 0.2) is 24.3 Å². The Hall–Kier alpha value is -1.59. The zero-order valence-electron chi connectivity index (χ0n) is 7.47. The van der Waals surface area contributed by atoms with Crippen LogP contribution in [0.25, 0.3) is 0 Å². The highest BCUT2D eigenvalue weighted by molar-refractivity contribution is 5.77. The maximum absolute atomic E-state index is 10.6. The van der Waals surface area contributed by atoms with Crippen LogP contribution < -0.4 is 11.5 Å². The first-order valence-electron chi connectivity index (χ1n) is 4.01. The van der Waals surface area contributed by atoms with Gasteiger partial charge in [-0.2, -0.15) is 0 Å². The van der Waals surface area contributed by atoms with Gasteiger partial charge >= 0.3 is 5.97 Å². The highest BCUT2D eigenvalue weighted by Crippen LogP contribution is 2.12. The molecule has 1 rings (SSSR count). The molecule has 0 unspecified atom stereocenters. The molecule has 0 atom stereocenters. The average Bonchev–Trinajstić information content (AvgIpc) is 2.08. The van der Waals surface area contributed by atoms with Gasteiger partial charge in [0.2, 0.25) is 0 Å². The molecule has 6 N–H and O–H groups in total. The lowest BCUT2D eigenvalue weighted by Gasteiger charge is -2.18. The minimum Gasteiger partial charge on any atom is -0.508 e. The number of rotatable bonds is 3. The molecule has 0 saturated heterocycles. The Kier molecular flexibility index (Phi) is 2.73. The highest BCUT2D eigenvalue weighted by Gasteiger charge is 2.28. The van der Waals surface area contributed by atoms with E-state index in [0.29, 0.717) is 5.56 Å². The molecule has 5 heteroatoms. The maximum atomic E-state index is 10.6. The third kappa shape index (κ3) is 2.45. The van der Waals surface area contributed by atoms with E-state index in [-0.39, 0.29) is 12.2 Å². The molecule has 1 aromatic rings. The highest BCUT2D eigenvalue weighted by atomic mass is 16.4. The Bertz CT molecular complexity index is 332. The quantitative estimate of drug-likeness (QED) is 0.493. The lowest BCUT2D eigenvalue weighted by Crippen LogP contribution is -2.58. The zero-order chi connectivity index (χ0) is 10.8. The van der Waals surface area contributed by atoms with E-state index >= 15 is 0 Å². The van der Waals surface area contributed by atoms with Gasteiger partial charge in [0, 0.05) is 6.42 Å². The van der Waals surface area contributed by atoms with Crippen LogP contribution in [0.4, 0.5) is 0 Å². The summed E-state index contributed by atoms with van der Waals surface area (Å²) in [5.74, 6) is -1.14. The summed E-state index contributed by atoms with van der Waals surface area (Å²) in [5.41, 5.74) is 9.59. The van der Waals surface area contributed by atoms with Crippen molar-refractivity contribution >= 4 is 5.97 Å². The normalized spacial score (nSPS) is 11.3. The van der Waals surface area contributed by atoms with Crippen LogP contribution in [0.2, 0.25) is 0 Å². The number of aromatic hydroxyl groups is 1. The molecule has 0 aliphatic heterocycles. The van der Waals surface area contributed by atoms with Crippen LogP contribution in [0, 0.1) is 0 Å². The predicted octanol–water partition coefficient (Wildman–Crippen LogP) is -0.367. The Labute approximate surface area is 81.0 Å². The van der Waals surface area contributed by atoms with Gasteiger partial charge in [0.1, 0.15) is 5.75 Å². The summed E-state index contributed by atoms with van der Waals surface area (Å²) in [6.45, 7) is 0. The van der Waals surface area contributed by atoms with Crippen molar-refractivity contribution in [3.05, 3.63) is 29.8 Å². The number of benzene rings is 1. The Morgan fingerprint density at radius 1 is 1.29 bits per heavy atom. The molecular formula is C9H12N2O3. The van der Waals surface area contributed by atoms with Crippen LogP contribution in [-0.2, 0) is 11.2 Å². The number of phenolic OH excluding ortho intramolecular Hbond substituents is 1.